The van der Waals surface area contributed by atoms with Crippen LogP contribution in [0.4, 0.5) is 0 Å². The Morgan fingerprint density at radius 3 is 2.30 bits per heavy atom. The van der Waals surface area contributed by atoms with Gasteiger partial charge in [0.25, 0.3) is 0 Å². The number of esters is 1. The second kappa shape index (κ2) is 12.7. The average Bonchev–Trinajstić information content (AvgIpc) is 2.63. The minimum Gasteiger partial charge on any atom is -0.465 e. The zero-order chi connectivity index (χ0) is 20.4. The van der Waals surface area contributed by atoms with Gasteiger partial charge in [-0.1, -0.05) is 40.0 Å². The molecule has 6 nitrogen and oxygen atoms in total. The summed E-state index contributed by atoms with van der Waals surface area (Å²) >= 11 is 0. The molecule has 0 radical (unpaired) electrons. The second-order valence-electron chi connectivity index (χ2n) is 7.95. The Bertz CT molecular complexity index is 411. The minimum atomic E-state index is -0.819. The molecule has 0 spiro atoms. The Hall–Kier alpha value is -0.690. The lowest BCUT2D eigenvalue weighted by molar-refractivity contribution is -0.273. The van der Waals surface area contributed by atoms with Gasteiger partial charge in [-0.25, -0.2) is 0 Å². The van der Waals surface area contributed by atoms with E-state index < -0.39 is 18.5 Å². The van der Waals surface area contributed by atoms with Gasteiger partial charge in [0.05, 0.1) is 24.9 Å². The maximum Gasteiger partial charge on any atom is 0.306 e. The summed E-state index contributed by atoms with van der Waals surface area (Å²) in [6, 6.07) is 0. The molecule has 6 atom stereocenters. The Balaban J connectivity index is 2.33. The Morgan fingerprint density at radius 2 is 1.70 bits per heavy atom. The fourth-order valence-corrected chi connectivity index (χ4v) is 3.31. The number of hydrogen-bond donors (Lipinski definition) is 2. The largest absolute Gasteiger partial charge is 0.465 e. The molecular formula is C21H40O6. The van der Waals surface area contributed by atoms with Gasteiger partial charge in [-0.15, -0.1) is 0 Å². The molecule has 6 heteroatoms. The van der Waals surface area contributed by atoms with E-state index in [0.717, 1.165) is 32.1 Å². The van der Waals surface area contributed by atoms with Crippen LogP contribution in [-0.2, 0) is 19.0 Å². The van der Waals surface area contributed by atoms with Crippen LogP contribution in [0.25, 0.3) is 0 Å². The van der Waals surface area contributed by atoms with Gasteiger partial charge in [-0.2, -0.15) is 0 Å². The van der Waals surface area contributed by atoms with E-state index in [1.165, 1.54) is 0 Å². The van der Waals surface area contributed by atoms with Crippen LogP contribution >= 0.6 is 0 Å². The van der Waals surface area contributed by atoms with Crippen LogP contribution in [0.2, 0.25) is 0 Å². The van der Waals surface area contributed by atoms with Crippen LogP contribution in [0.3, 0.4) is 0 Å². The first kappa shape index (κ1) is 24.3. The topological polar surface area (TPSA) is 85.2 Å². The first-order chi connectivity index (χ1) is 12.8. The highest BCUT2D eigenvalue weighted by atomic mass is 16.7. The number of carbonyl (C=O) groups excluding carboxylic acids is 1. The van der Waals surface area contributed by atoms with E-state index in [0.29, 0.717) is 18.9 Å². The summed E-state index contributed by atoms with van der Waals surface area (Å²) in [5.74, 6) is 0.602. The van der Waals surface area contributed by atoms with E-state index >= 15 is 0 Å². The lowest BCUT2D eigenvalue weighted by Gasteiger charge is -2.36. The Morgan fingerprint density at radius 1 is 1.07 bits per heavy atom. The van der Waals surface area contributed by atoms with Gasteiger partial charge in [-0.3, -0.25) is 4.79 Å². The molecule has 0 aliphatic carbocycles. The molecule has 1 saturated heterocycles. The van der Waals surface area contributed by atoms with Gasteiger partial charge in [0.15, 0.2) is 6.29 Å². The summed E-state index contributed by atoms with van der Waals surface area (Å²) in [6.07, 6.45) is 2.68. The van der Waals surface area contributed by atoms with Crippen LogP contribution in [0.15, 0.2) is 0 Å². The standard InChI is InChI=1S/C21H40O6/c1-6-16(7-2)13-25-20(24)11-17(8-3)10-9-14(4)26-21-19(23)12-18(22)15(5)27-21/h14-19,21-23H,6-13H2,1-5H3/t14-,15+,17?,18-,19-,21-/m1/s1. The highest BCUT2D eigenvalue weighted by Crippen LogP contribution is 2.24. The van der Waals surface area contributed by atoms with E-state index in [-0.39, 0.29) is 30.5 Å². The highest BCUT2D eigenvalue weighted by Gasteiger charge is 2.35. The number of rotatable bonds is 12. The normalized spacial score (nSPS) is 28.1. The number of aliphatic hydroxyl groups excluding tert-OH is 2. The van der Waals surface area contributed by atoms with Gasteiger partial charge >= 0.3 is 5.97 Å². The Kier molecular flexibility index (Phi) is 11.5. The van der Waals surface area contributed by atoms with Crippen LogP contribution < -0.4 is 0 Å². The third-order valence-corrected chi connectivity index (χ3v) is 5.70. The van der Waals surface area contributed by atoms with E-state index in [1.807, 2.05) is 6.92 Å². The van der Waals surface area contributed by atoms with Crippen molar-refractivity contribution in [2.24, 2.45) is 11.8 Å². The number of carbonyl (C=O) groups is 1. The molecule has 1 aliphatic rings. The molecule has 27 heavy (non-hydrogen) atoms. The molecule has 0 amide bonds. The van der Waals surface area contributed by atoms with Crippen molar-refractivity contribution in [3.8, 4) is 0 Å². The summed E-state index contributed by atoms with van der Waals surface area (Å²) < 4.78 is 16.8. The molecular weight excluding hydrogens is 348 g/mol. The van der Waals surface area contributed by atoms with Crippen LogP contribution in [0.5, 0.6) is 0 Å². The predicted molar refractivity (Wildman–Crippen MR) is 104 cm³/mol. The third kappa shape index (κ3) is 8.90. The summed E-state index contributed by atoms with van der Waals surface area (Å²) in [7, 11) is 0. The molecule has 1 heterocycles. The van der Waals surface area contributed by atoms with E-state index in [1.54, 1.807) is 6.92 Å². The van der Waals surface area contributed by atoms with Gasteiger partial charge in [0, 0.05) is 12.8 Å². The maximum absolute atomic E-state index is 12.1. The zero-order valence-electron chi connectivity index (χ0n) is 17.7. The van der Waals surface area contributed by atoms with Crippen molar-refractivity contribution in [1.82, 2.24) is 0 Å². The van der Waals surface area contributed by atoms with Gasteiger partial charge in [0.2, 0.25) is 0 Å². The number of aliphatic hydroxyl groups is 2. The van der Waals surface area contributed by atoms with E-state index in [2.05, 4.69) is 20.8 Å². The molecule has 1 rings (SSSR count). The molecule has 0 aromatic heterocycles. The van der Waals surface area contributed by atoms with Crippen molar-refractivity contribution in [2.45, 2.75) is 110 Å². The predicted octanol–water partition coefficient (Wildman–Crippen LogP) is 3.42. The van der Waals surface area contributed by atoms with Crippen molar-refractivity contribution in [2.75, 3.05) is 6.61 Å². The minimum absolute atomic E-state index is 0.0956. The van der Waals surface area contributed by atoms with Gasteiger partial charge < -0.3 is 24.4 Å². The molecule has 0 aromatic rings. The van der Waals surface area contributed by atoms with Crippen molar-refractivity contribution in [3.05, 3.63) is 0 Å². The SMILES string of the molecule is CCC(CC)COC(=O)CC(CC)CC[C@@H](C)O[C@@H]1O[C@@H](C)[C@H](O)C[C@H]1O. The summed E-state index contributed by atoms with van der Waals surface area (Å²) in [4.78, 5) is 12.1. The van der Waals surface area contributed by atoms with Crippen molar-refractivity contribution in [1.29, 1.82) is 0 Å². The van der Waals surface area contributed by atoms with Crippen LogP contribution in [0, 0.1) is 11.8 Å². The van der Waals surface area contributed by atoms with Crippen molar-refractivity contribution >= 4 is 5.97 Å². The summed E-state index contributed by atoms with van der Waals surface area (Å²) in [5.41, 5.74) is 0. The lowest BCUT2D eigenvalue weighted by Crippen LogP contribution is -2.48. The molecule has 160 valence electrons. The third-order valence-electron chi connectivity index (χ3n) is 5.70. The summed E-state index contributed by atoms with van der Waals surface area (Å²) in [5, 5.41) is 19.7. The fourth-order valence-electron chi connectivity index (χ4n) is 3.31. The van der Waals surface area contributed by atoms with E-state index in [4.69, 9.17) is 14.2 Å². The monoisotopic (exact) mass is 388 g/mol. The number of ether oxygens (including phenoxy) is 3. The first-order valence-electron chi connectivity index (χ1n) is 10.6. The smallest absolute Gasteiger partial charge is 0.306 e. The highest BCUT2D eigenvalue weighted by molar-refractivity contribution is 5.69. The molecule has 1 unspecified atom stereocenters. The molecule has 2 N–H and O–H groups in total. The average molecular weight is 389 g/mol. The quantitative estimate of drug-likeness (QED) is 0.498. The molecule has 1 fully saturated rings. The summed E-state index contributed by atoms with van der Waals surface area (Å²) in [6.45, 7) is 10.6. The number of hydrogen-bond acceptors (Lipinski definition) is 6. The van der Waals surface area contributed by atoms with Crippen molar-refractivity contribution in [3.63, 3.8) is 0 Å². The fraction of sp³-hybridized carbons (Fsp3) is 0.952. The van der Waals surface area contributed by atoms with Crippen LogP contribution in [0.1, 0.15) is 79.6 Å². The Labute approximate surface area is 164 Å². The second-order valence-corrected chi connectivity index (χ2v) is 7.95. The zero-order valence-corrected chi connectivity index (χ0v) is 17.7. The molecule has 1 aliphatic heterocycles. The molecule has 0 bridgehead atoms. The van der Waals surface area contributed by atoms with Crippen LogP contribution in [-0.4, -0.2) is 53.5 Å². The maximum atomic E-state index is 12.1. The molecule has 0 saturated carbocycles. The van der Waals surface area contributed by atoms with Gasteiger partial charge in [0.1, 0.15) is 6.10 Å². The lowest BCUT2D eigenvalue weighted by atomic mass is 9.95. The van der Waals surface area contributed by atoms with Gasteiger partial charge in [-0.05, 0) is 38.5 Å². The first-order valence-corrected chi connectivity index (χ1v) is 10.6. The van der Waals surface area contributed by atoms with Crippen molar-refractivity contribution < 1.29 is 29.2 Å². The molecule has 0 aromatic carbocycles. The van der Waals surface area contributed by atoms with E-state index in [9.17, 15) is 15.0 Å².